The highest BCUT2D eigenvalue weighted by Gasteiger charge is 2.38. The summed E-state index contributed by atoms with van der Waals surface area (Å²) < 4.78 is 31.7. The van der Waals surface area contributed by atoms with Crippen LogP contribution >= 0.6 is 0 Å². The van der Waals surface area contributed by atoms with Crippen molar-refractivity contribution in [3.05, 3.63) is 59.6 Å². The van der Waals surface area contributed by atoms with Crippen molar-refractivity contribution in [2.45, 2.75) is 63.6 Å². The minimum absolute atomic E-state index is 0.108. The fourth-order valence-electron chi connectivity index (χ4n) is 5.94. The van der Waals surface area contributed by atoms with Crippen LogP contribution < -0.4 is 4.90 Å². The third-order valence-electron chi connectivity index (χ3n) is 7.71. The first-order valence-electron chi connectivity index (χ1n) is 12.7. The molecular weight excluding hydrogens is 478 g/mol. The highest BCUT2D eigenvalue weighted by atomic mass is 19.2. The quantitative estimate of drug-likeness (QED) is 0.431. The second-order valence-electron chi connectivity index (χ2n) is 10.1. The number of aromatic nitrogens is 5. The summed E-state index contributed by atoms with van der Waals surface area (Å²) in [6.45, 7) is 1.91. The Hall–Kier alpha value is -3.66. The molecule has 37 heavy (non-hydrogen) atoms. The molecule has 1 aliphatic heterocycles. The predicted octanol–water partition coefficient (Wildman–Crippen LogP) is 4.76. The molecule has 3 heterocycles. The molecule has 2 fully saturated rings. The Labute approximate surface area is 212 Å². The van der Waals surface area contributed by atoms with Crippen LogP contribution in [0, 0.1) is 18.6 Å². The molecule has 2 aliphatic rings. The van der Waals surface area contributed by atoms with E-state index in [2.05, 4.69) is 14.9 Å². The van der Waals surface area contributed by atoms with Gasteiger partial charge in [0.25, 0.3) is 0 Å². The third-order valence-corrected chi connectivity index (χ3v) is 7.71. The fraction of sp³-hybridized carbons (Fsp3) is 0.407. The third kappa shape index (κ3) is 3.99. The summed E-state index contributed by atoms with van der Waals surface area (Å²) in [5.74, 6) is -1.36. The molecule has 1 amide bonds. The molecule has 2 aromatic carbocycles. The fourth-order valence-corrected chi connectivity index (χ4v) is 5.94. The standard InChI is InChI=1S/C27H28F2N6O2/c1-15-26(33(2)32-31-15)16-3-10-23-22(13-16)30-27(35(23)17-4-7-19(36)8-5-17)24-11-12-25(37)34(24)18-6-9-20(28)21(29)14-18/h3,6,9-10,13-14,17,19,24,36H,4-5,7-8,11-12H2,1-2H3. The van der Waals surface area contributed by atoms with E-state index in [1.807, 2.05) is 32.2 Å². The van der Waals surface area contributed by atoms with Crippen molar-refractivity contribution in [3.63, 3.8) is 0 Å². The molecule has 2 aromatic heterocycles. The van der Waals surface area contributed by atoms with Crippen molar-refractivity contribution >= 4 is 22.6 Å². The van der Waals surface area contributed by atoms with Crippen LogP contribution in [0.5, 0.6) is 0 Å². The van der Waals surface area contributed by atoms with E-state index < -0.39 is 17.7 Å². The van der Waals surface area contributed by atoms with E-state index in [0.717, 1.165) is 58.8 Å². The lowest BCUT2D eigenvalue weighted by molar-refractivity contribution is -0.117. The van der Waals surface area contributed by atoms with Gasteiger partial charge in [-0.3, -0.25) is 4.79 Å². The maximum absolute atomic E-state index is 14.1. The second kappa shape index (κ2) is 9.02. The highest BCUT2D eigenvalue weighted by molar-refractivity contribution is 5.96. The first-order chi connectivity index (χ1) is 17.8. The average Bonchev–Trinajstić information content (AvgIpc) is 3.55. The number of halogens is 2. The summed E-state index contributed by atoms with van der Waals surface area (Å²) in [4.78, 5) is 19.6. The molecule has 1 unspecified atom stereocenters. The van der Waals surface area contributed by atoms with E-state index in [-0.39, 0.29) is 18.1 Å². The molecule has 1 aliphatic carbocycles. The van der Waals surface area contributed by atoms with Gasteiger partial charge in [-0.1, -0.05) is 11.3 Å². The van der Waals surface area contributed by atoms with E-state index in [4.69, 9.17) is 4.98 Å². The SMILES string of the molecule is Cc1nnn(C)c1-c1ccc2c(c1)nc(C1CCC(=O)N1c1ccc(F)c(F)c1)n2C1CCC(O)CC1. The summed E-state index contributed by atoms with van der Waals surface area (Å²) in [7, 11) is 1.85. The summed E-state index contributed by atoms with van der Waals surface area (Å²) in [6, 6.07) is 9.34. The van der Waals surface area contributed by atoms with Gasteiger partial charge >= 0.3 is 0 Å². The number of benzene rings is 2. The Morgan fingerprint density at radius 1 is 1.00 bits per heavy atom. The van der Waals surface area contributed by atoms with E-state index in [1.165, 1.54) is 6.07 Å². The van der Waals surface area contributed by atoms with Crippen molar-refractivity contribution < 1.29 is 18.7 Å². The van der Waals surface area contributed by atoms with Gasteiger partial charge in [-0.15, -0.1) is 5.10 Å². The van der Waals surface area contributed by atoms with Crippen molar-refractivity contribution in [2.75, 3.05) is 4.90 Å². The molecule has 8 nitrogen and oxygen atoms in total. The monoisotopic (exact) mass is 506 g/mol. The van der Waals surface area contributed by atoms with E-state index in [0.29, 0.717) is 31.4 Å². The largest absolute Gasteiger partial charge is 0.393 e. The lowest BCUT2D eigenvalue weighted by atomic mass is 9.92. The van der Waals surface area contributed by atoms with Crippen LogP contribution in [0.1, 0.15) is 62.1 Å². The molecule has 10 heteroatoms. The molecule has 192 valence electrons. The number of hydrogen-bond donors (Lipinski definition) is 1. The number of carbonyl (C=O) groups excluding carboxylic acids is 1. The van der Waals surface area contributed by atoms with E-state index in [1.54, 1.807) is 9.58 Å². The molecule has 6 rings (SSSR count). The number of hydrogen-bond acceptors (Lipinski definition) is 5. The molecule has 1 N–H and O–H groups in total. The highest BCUT2D eigenvalue weighted by Crippen LogP contribution is 2.42. The van der Waals surface area contributed by atoms with Gasteiger partial charge in [-0.25, -0.2) is 18.4 Å². The molecule has 0 radical (unpaired) electrons. The van der Waals surface area contributed by atoms with Gasteiger partial charge in [0.05, 0.1) is 34.6 Å². The number of rotatable bonds is 4. The van der Waals surface area contributed by atoms with Crippen molar-refractivity contribution in [1.29, 1.82) is 0 Å². The van der Waals surface area contributed by atoms with Crippen LogP contribution in [0.2, 0.25) is 0 Å². The molecule has 1 atom stereocenters. The summed E-state index contributed by atoms with van der Waals surface area (Å²) in [6.07, 6.45) is 3.47. The zero-order valence-corrected chi connectivity index (χ0v) is 20.7. The lowest BCUT2D eigenvalue weighted by Gasteiger charge is -2.31. The van der Waals surface area contributed by atoms with Crippen LogP contribution in [0.3, 0.4) is 0 Å². The first-order valence-corrected chi connectivity index (χ1v) is 12.7. The first kappa shape index (κ1) is 23.7. The van der Waals surface area contributed by atoms with Gasteiger partial charge in [-0.2, -0.15) is 0 Å². The Kier molecular flexibility index (Phi) is 5.78. The zero-order valence-electron chi connectivity index (χ0n) is 20.7. The maximum Gasteiger partial charge on any atom is 0.227 e. The normalized spacial score (nSPS) is 22.4. The van der Waals surface area contributed by atoms with Gasteiger partial charge in [0, 0.05) is 36.8 Å². The molecule has 1 saturated heterocycles. The Balaban J connectivity index is 1.50. The number of fused-ring (bicyclic) bond motifs is 1. The van der Waals surface area contributed by atoms with Crippen molar-refractivity contribution in [2.24, 2.45) is 7.05 Å². The smallest absolute Gasteiger partial charge is 0.227 e. The molecule has 1 saturated carbocycles. The number of anilines is 1. The van der Waals surface area contributed by atoms with Crippen LogP contribution in [0.15, 0.2) is 36.4 Å². The minimum atomic E-state index is -0.990. The lowest BCUT2D eigenvalue weighted by Crippen LogP contribution is -2.31. The summed E-state index contributed by atoms with van der Waals surface area (Å²) in [5.41, 5.74) is 4.70. The minimum Gasteiger partial charge on any atom is -0.393 e. The average molecular weight is 507 g/mol. The number of imidazole rings is 1. The zero-order chi connectivity index (χ0) is 25.8. The van der Waals surface area contributed by atoms with Gasteiger partial charge in [0.15, 0.2) is 11.6 Å². The molecular formula is C27H28F2N6O2. The molecule has 0 spiro atoms. The number of amides is 1. The van der Waals surface area contributed by atoms with Crippen molar-refractivity contribution in [1.82, 2.24) is 24.5 Å². The summed E-state index contributed by atoms with van der Waals surface area (Å²) >= 11 is 0. The van der Waals surface area contributed by atoms with Gasteiger partial charge < -0.3 is 14.6 Å². The topological polar surface area (TPSA) is 89.1 Å². The van der Waals surface area contributed by atoms with E-state index in [9.17, 15) is 18.7 Å². The predicted molar refractivity (Wildman–Crippen MR) is 134 cm³/mol. The van der Waals surface area contributed by atoms with Gasteiger partial charge in [0.2, 0.25) is 5.91 Å². The summed E-state index contributed by atoms with van der Waals surface area (Å²) in [5, 5.41) is 18.4. The van der Waals surface area contributed by atoms with Gasteiger partial charge in [0.1, 0.15) is 5.82 Å². The van der Waals surface area contributed by atoms with Crippen LogP contribution in [0.4, 0.5) is 14.5 Å². The number of aliphatic hydroxyl groups excluding tert-OH is 1. The maximum atomic E-state index is 14.1. The number of nitrogens with zero attached hydrogens (tertiary/aromatic N) is 6. The van der Waals surface area contributed by atoms with Crippen molar-refractivity contribution in [3.8, 4) is 11.3 Å². The van der Waals surface area contributed by atoms with Crippen LogP contribution in [-0.4, -0.2) is 41.7 Å². The number of aliphatic hydroxyl groups is 1. The Bertz CT molecular complexity index is 1480. The van der Waals surface area contributed by atoms with Gasteiger partial charge in [-0.05, 0) is 63.3 Å². The van der Waals surface area contributed by atoms with Crippen LogP contribution in [0.25, 0.3) is 22.3 Å². The Morgan fingerprint density at radius 3 is 2.49 bits per heavy atom. The molecule has 0 bridgehead atoms. The second-order valence-corrected chi connectivity index (χ2v) is 10.1. The van der Waals surface area contributed by atoms with Crippen LogP contribution in [-0.2, 0) is 11.8 Å². The number of aryl methyl sites for hydroxylation is 2. The van der Waals surface area contributed by atoms with E-state index >= 15 is 0 Å². The number of carbonyl (C=O) groups is 1. The molecule has 4 aromatic rings. The Morgan fingerprint density at radius 2 is 1.78 bits per heavy atom.